The predicted octanol–water partition coefficient (Wildman–Crippen LogP) is 3.92. The van der Waals surface area contributed by atoms with E-state index in [0.29, 0.717) is 16.9 Å². The molecule has 20 heavy (non-hydrogen) atoms. The molecule has 0 bridgehead atoms. The van der Waals surface area contributed by atoms with Gasteiger partial charge in [0.2, 0.25) is 0 Å². The summed E-state index contributed by atoms with van der Waals surface area (Å²) in [5, 5.41) is 9.23. The first-order valence-electron chi connectivity index (χ1n) is 6.91. The summed E-state index contributed by atoms with van der Waals surface area (Å²) in [6, 6.07) is 5.81. The lowest BCUT2D eigenvalue weighted by Gasteiger charge is -2.36. The third-order valence-corrected chi connectivity index (χ3v) is 3.95. The summed E-state index contributed by atoms with van der Waals surface area (Å²) in [5.41, 5.74) is 1.84. The summed E-state index contributed by atoms with van der Waals surface area (Å²) in [7, 11) is 0. The van der Waals surface area contributed by atoms with Crippen LogP contribution in [0.2, 0.25) is 5.02 Å². The van der Waals surface area contributed by atoms with Gasteiger partial charge < -0.3 is 10.0 Å². The van der Waals surface area contributed by atoms with E-state index in [-0.39, 0.29) is 0 Å². The molecule has 2 atom stereocenters. The van der Waals surface area contributed by atoms with Gasteiger partial charge in [-0.1, -0.05) is 31.5 Å². The second kappa shape index (κ2) is 6.31. The summed E-state index contributed by atoms with van der Waals surface area (Å²) in [6.45, 7) is 6.64. The van der Waals surface area contributed by atoms with Gasteiger partial charge in [-0.05, 0) is 42.0 Å². The molecule has 108 valence electrons. The Morgan fingerprint density at radius 2 is 2.00 bits per heavy atom. The number of hydrogen-bond acceptors (Lipinski definition) is 2. The second-order valence-corrected chi connectivity index (χ2v) is 6.14. The van der Waals surface area contributed by atoms with Crippen LogP contribution in [0.5, 0.6) is 0 Å². The van der Waals surface area contributed by atoms with Crippen LogP contribution in [0.25, 0.3) is 6.08 Å². The number of aliphatic carboxylic acids is 1. The van der Waals surface area contributed by atoms with Crippen LogP contribution >= 0.6 is 11.6 Å². The smallest absolute Gasteiger partial charge is 0.328 e. The van der Waals surface area contributed by atoms with Gasteiger partial charge in [0, 0.05) is 29.9 Å². The van der Waals surface area contributed by atoms with Crippen molar-refractivity contribution < 1.29 is 9.90 Å². The normalized spacial score (nSPS) is 23.2. The summed E-state index contributed by atoms with van der Waals surface area (Å²) in [6.07, 6.45) is 3.89. The highest BCUT2D eigenvalue weighted by atomic mass is 35.5. The molecule has 1 saturated heterocycles. The Bertz CT molecular complexity index is 517. The van der Waals surface area contributed by atoms with Gasteiger partial charge in [0.1, 0.15) is 0 Å². The number of anilines is 1. The zero-order chi connectivity index (χ0) is 14.7. The molecular formula is C16H20ClNO2. The van der Waals surface area contributed by atoms with E-state index in [4.69, 9.17) is 16.7 Å². The molecule has 4 heteroatoms. The molecule has 0 aliphatic carbocycles. The second-order valence-electron chi connectivity index (χ2n) is 5.73. The molecule has 1 aromatic carbocycles. The fourth-order valence-electron chi connectivity index (χ4n) is 2.88. The van der Waals surface area contributed by atoms with Gasteiger partial charge in [0.15, 0.2) is 0 Å². The number of piperidine rings is 1. The molecule has 1 heterocycles. The van der Waals surface area contributed by atoms with Gasteiger partial charge in [-0.25, -0.2) is 4.79 Å². The number of carbonyl (C=O) groups is 1. The Labute approximate surface area is 124 Å². The number of carboxylic acids is 1. The van der Waals surface area contributed by atoms with Crippen molar-refractivity contribution in [2.45, 2.75) is 20.3 Å². The van der Waals surface area contributed by atoms with Crippen molar-refractivity contribution in [3.8, 4) is 0 Å². The minimum Gasteiger partial charge on any atom is -0.478 e. The third kappa shape index (κ3) is 3.76. The molecule has 0 radical (unpaired) electrons. The Balaban J connectivity index is 2.18. The highest BCUT2D eigenvalue weighted by Crippen LogP contribution is 2.29. The van der Waals surface area contributed by atoms with E-state index in [1.165, 1.54) is 12.5 Å². The van der Waals surface area contributed by atoms with E-state index in [9.17, 15) is 4.79 Å². The molecule has 1 aromatic rings. The van der Waals surface area contributed by atoms with E-state index < -0.39 is 5.97 Å². The first kappa shape index (κ1) is 14.9. The molecule has 1 fully saturated rings. The molecule has 0 amide bonds. The summed E-state index contributed by atoms with van der Waals surface area (Å²) in [4.78, 5) is 12.9. The maximum absolute atomic E-state index is 10.5. The average Bonchev–Trinajstić information content (AvgIpc) is 2.35. The molecule has 0 spiro atoms. The number of benzene rings is 1. The standard InChI is InChI=1S/C16H20ClNO2/c1-11-7-12(2)10-18(9-11)14-5-3-13(15(17)8-14)4-6-16(19)20/h3-6,8,11-12H,7,9-10H2,1-2H3,(H,19,20)/b6-4+. The molecule has 0 saturated carbocycles. The quantitative estimate of drug-likeness (QED) is 0.859. The van der Waals surface area contributed by atoms with Gasteiger partial charge >= 0.3 is 5.97 Å². The fraction of sp³-hybridized carbons (Fsp3) is 0.438. The van der Waals surface area contributed by atoms with Crippen molar-refractivity contribution in [3.63, 3.8) is 0 Å². The first-order chi connectivity index (χ1) is 9.45. The maximum atomic E-state index is 10.5. The molecule has 1 aliphatic heterocycles. The van der Waals surface area contributed by atoms with Crippen molar-refractivity contribution in [1.82, 2.24) is 0 Å². The molecule has 2 rings (SSSR count). The molecule has 1 aliphatic rings. The minimum absolute atomic E-state index is 0.589. The fourth-order valence-corrected chi connectivity index (χ4v) is 3.12. The number of rotatable bonds is 3. The van der Waals surface area contributed by atoms with Gasteiger partial charge in [-0.15, -0.1) is 0 Å². The van der Waals surface area contributed by atoms with E-state index in [1.807, 2.05) is 18.2 Å². The highest BCUT2D eigenvalue weighted by Gasteiger charge is 2.22. The van der Waals surface area contributed by atoms with Crippen LogP contribution < -0.4 is 4.90 Å². The Morgan fingerprint density at radius 1 is 1.35 bits per heavy atom. The SMILES string of the molecule is CC1CC(C)CN(c2ccc(/C=C/C(=O)O)c(Cl)c2)C1. The number of hydrogen-bond donors (Lipinski definition) is 1. The van der Waals surface area contributed by atoms with Gasteiger partial charge in [-0.3, -0.25) is 0 Å². The van der Waals surface area contributed by atoms with Crippen molar-refractivity contribution in [3.05, 3.63) is 34.9 Å². The highest BCUT2D eigenvalue weighted by molar-refractivity contribution is 6.32. The van der Waals surface area contributed by atoms with Crippen LogP contribution in [0, 0.1) is 11.8 Å². The lowest BCUT2D eigenvalue weighted by atomic mass is 9.91. The van der Waals surface area contributed by atoms with E-state index in [1.54, 1.807) is 0 Å². The lowest BCUT2D eigenvalue weighted by molar-refractivity contribution is -0.131. The van der Waals surface area contributed by atoms with Crippen LogP contribution in [-0.2, 0) is 4.79 Å². The molecule has 1 N–H and O–H groups in total. The minimum atomic E-state index is -0.969. The lowest BCUT2D eigenvalue weighted by Crippen LogP contribution is -2.38. The zero-order valence-corrected chi connectivity index (χ0v) is 12.6. The van der Waals surface area contributed by atoms with Gasteiger partial charge in [0.05, 0.1) is 0 Å². The predicted molar refractivity (Wildman–Crippen MR) is 83.3 cm³/mol. The third-order valence-electron chi connectivity index (χ3n) is 3.62. The van der Waals surface area contributed by atoms with Crippen molar-refractivity contribution in [2.75, 3.05) is 18.0 Å². The van der Waals surface area contributed by atoms with Gasteiger partial charge in [0.25, 0.3) is 0 Å². The van der Waals surface area contributed by atoms with Crippen molar-refractivity contribution in [1.29, 1.82) is 0 Å². The van der Waals surface area contributed by atoms with Crippen molar-refractivity contribution >= 4 is 29.3 Å². The first-order valence-corrected chi connectivity index (χ1v) is 7.29. The van der Waals surface area contributed by atoms with Crippen LogP contribution in [0.15, 0.2) is 24.3 Å². The summed E-state index contributed by atoms with van der Waals surface area (Å²) in [5.74, 6) is 0.400. The summed E-state index contributed by atoms with van der Waals surface area (Å²) < 4.78 is 0. The monoisotopic (exact) mass is 293 g/mol. The largest absolute Gasteiger partial charge is 0.478 e. The number of carboxylic acid groups (broad SMARTS) is 1. The van der Waals surface area contributed by atoms with E-state index in [2.05, 4.69) is 18.7 Å². The van der Waals surface area contributed by atoms with Crippen molar-refractivity contribution in [2.24, 2.45) is 11.8 Å². The zero-order valence-electron chi connectivity index (χ0n) is 11.8. The van der Waals surface area contributed by atoms with Gasteiger partial charge in [-0.2, -0.15) is 0 Å². The van der Waals surface area contributed by atoms with E-state index >= 15 is 0 Å². The number of halogens is 1. The maximum Gasteiger partial charge on any atom is 0.328 e. The Morgan fingerprint density at radius 3 is 2.55 bits per heavy atom. The van der Waals surface area contributed by atoms with Crippen LogP contribution in [0.4, 0.5) is 5.69 Å². The summed E-state index contributed by atoms with van der Waals surface area (Å²) >= 11 is 6.23. The molecular weight excluding hydrogens is 274 g/mol. The van der Waals surface area contributed by atoms with Crippen LogP contribution in [-0.4, -0.2) is 24.2 Å². The van der Waals surface area contributed by atoms with Crippen LogP contribution in [0.1, 0.15) is 25.8 Å². The molecule has 0 aromatic heterocycles. The Hall–Kier alpha value is -1.48. The molecule has 2 unspecified atom stereocenters. The average molecular weight is 294 g/mol. The van der Waals surface area contributed by atoms with E-state index in [0.717, 1.165) is 30.4 Å². The Kier molecular flexibility index (Phi) is 4.71. The molecule has 3 nitrogen and oxygen atoms in total. The topological polar surface area (TPSA) is 40.5 Å². The number of nitrogens with zero attached hydrogens (tertiary/aromatic N) is 1. The van der Waals surface area contributed by atoms with Crippen LogP contribution in [0.3, 0.4) is 0 Å².